The molecule has 12 heavy (non-hydrogen) atoms. The van der Waals surface area contributed by atoms with Crippen molar-refractivity contribution in [3.63, 3.8) is 0 Å². The maximum atomic E-state index is 8.60. The molecule has 0 fully saturated rings. The maximum Gasteiger partial charge on any atom is 0.184 e. The van der Waals surface area contributed by atoms with Crippen LogP contribution in [-0.2, 0) is 0 Å². The molecular weight excluding hydrogens is 195 g/mol. The highest BCUT2D eigenvalue weighted by Crippen LogP contribution is 2.31. The van der Waals surface area contributed by atoms with E-state index in [-0.39, 0.29) is 0 Å². The monoisotopic (exact) mass is 200 g/mol. The van der Waals surface area contributed by atoms with E-state index in [4.69, 9.17) is 28.5 Å². The van der Waals surface area contributed by atoms with Crippen LogP contribution in [0.5, 0.6) is 0 Å². The lowest BCUT2D eigenvalue weighted by atomic mass is 10.3. The fourth-order valence-corrected chi connectivity index (χ4v) is 1.51. The molecule has 0 amide bonds. The van der Waals surface area contributed by atoms with Gasteiger partial charge in [-0.25, -0.2) is 0 Å². The van der Waals surface area contributed by atoms with Gasteiger partial charge in [-0.3, -0.25) is 4.90 Å². The third-order valence-corrected chi connectivity index (χ3v) is 2.03. The molecule has 2 nitrogen and oxygen atoms in total. The Labute approximate surface area is 80.9 Å². The maximum absolute atomic E-state index is 8.60. The average Bonchev–Trinajstić information content (AvgIpc) is 2.03. The molecule has 0 aliphatic carbocycles. The van der Waals surface area contributed by atoms with Gasteiger partial charge in [0, 0.05) is 7.05 Å². The minimum Gasteiger partial charge on any atom is -0.280 e. The van der Waals surface area contributed by atoms with Crippen molar-refractivity contribution in [3.8, 4) is 6.19 Å². The zero-order chi connectivity index (χ0) is 9.14. The summed E-state index contributed by atoms with van der Waals surface area (Å²) in [5.41, 5.74) is 0.545. The molecule has 0 aliphatic rings. The van der Waals surface area contributed by atoms with E-state index < -0.39 is 0 Å². The molecule has 0 aromatic heterocycles. The predicted molar refractivity (Wildman–Crippen MR) is 50.5 cm³/mol. The van der Waals surface area contributed by atoms with Crippen LogP contribution in [0.1, 0.15) is 0 Å². The summed E-state index contributed by atoms with van der Waals surface area (Å²) in [6, 6.07) is 5.12. The summed E-state index contributed by atoms with van der Waals surface area (Å²) in [6.07, 6.45) is 1.93. The molecule has 0 heterocycles. The van der Waals surface area contributed by atoms with Crippen molar-refractivity contribution in [3.05, 3.63) is 28.2 Å². The van der Waals surface area contributed by atoms with Gasteiger partial charge in [-0.2, -0.15) is 5.26 Å². The van der Waals surface area contributed by atoms with E-state index in [0.29, 0.717) is 15.7 Å². The Morgan fingerprint density at radius 2 is 1.83 bits per heavy atom. The van der Waals surface area contributed by atoms with Crippen molar-refractivity contribution in [2.45, 2.75) is 0 Å². The first-order valence-corrected chi connectivity index (χ1v) is 4.00. The van der Waals surface area contributed by atoms with E-state index in [1.807, 2.05) is 6.19 Å². The van der Waals surface area contributed by atoms with E-state index in [1.54, 1.807) is 25.2 Å². The van der Waals surface area contributed by atoms with E-state index in [2.05, 4.69) is 0 Å². The molecular formula is C8H6Cl2N2. The largest absolute Gasteiger partial charge is 0.280 e. The van der Waals surface area contributed by atoms with Gasteiger partial charge >= 0.3 is 0 Å². The van der Waals surface area contributed by atoms with Crippen LogP contribution in [0.3, 0.4) is 0 Å². The SMILES string of the molecule is CN(C#N)c1c(Cl)cccc1Cl. The molecule has 1 aromatic rings. The molecule has 1 rings (SSSR count). The number of anilines is 1. The Morgan fingerprint density at radius 1 is 1.33 bits per heavy atom. The van der Waals surface area contributed by atoms with Gasteiger partial charge in [-0.15, -0.1) is 0 Å². The Balaban J connectivity index is 3.23. The van der Waals surface area contributed by atoms with Crippen molar-refractivity contribution in [1.82, 2.24) is 0 Å². The summed E-state index contributed by atoms with van der Waals surface area (Å²) in [7, 11) is 1.60. The molecule has 0 spiro atoms. The number of nitrogens with zero attached hydrogens (tertiary/aromatic N) is 2. The van der Waals surface area contributed by atoms with Gasteiger partial charge in [0.25, 0.3) is 0 Å². The fourth-order valence-electron chi connectivity index (χ4n) is 0.859. The summed E-state index contributed by atoms with van der Waals surface area (Å²) in [4.78, 5) is 1.32. The van der Waals surface area contributed by atoms with Gasteiger partial charge in [-0.05, 0) is 12.1 Å². The minimum atomic E-state index is 0.478. The molecule has 1 aromatic carbocycles. The first kappa shape index (κ1) is 9.18. The van der Waals surface area contributed by atoms with Gasteiger partial charge in [0.15, 0.2) is 6.19 Å². The summed E-state index contributed by atoms with van der Waals surface area (Å²) < 4.78 is 0. The molecule has 62 valence electrons. The number of hydrogen-bond donors (Lipinski definition) is 0. The van der Waals surface area contributed by atoms with Gasteiger partial charge in [0.2, 0.25) is 0 Å². The zero-order valence-electron chi connectivity index (χ0n) is 6.38. The summed E-state index contributed by atoms with van der Waals surface area (Å²) >= 11 is 11.7. The third kappa shape index (κ3) is 1.63. The second-order valence-electron chi connectivity index (χ2n) is 2.23. The summed E-state index contributed by atoms with van der Waals surface area (Å²) in [5.74, 6) is 0. The summed E-state index contributed by atoms with van der Waals surface area (Å²) in [5, 5.41) is 9.55. The third-order valence-electron chi connectivity index (χ3n) is 1.42. The Bertz CT molecular complexity index is 310. The lowest BCUT2D eigenvalue weighted by Crippen LogP contribution is -2.08. The smallest absolute Gasteiger partial charge is 0.184 e. The van der Waals surface area contributed by atoms with Crippen molar-refractivity contribution in [2.75, 3.05) is 11.9 Å². The zero-order valence-corrected chi connectivity index (χ0v) is 7.89. The van der Waals surface area contributed by atoms with Gasteiger partial charge in [-0.1, -0.05) is 29.3 Å². The molecule has 0 unspecified atom stereocenters. The first-order chi connectivity index (χ1) is 5.66. The van der Waals surface area contributed by atoms with E-state index in [9.17, 15) is 0 Å². The number of benzene rings is 1. The number of hydrogen-bond acceptors (Lipinski definition) is 2. The topological polar surface area (TPSA) is 27.0 Å². The number of nitriles is 1. The molecule has 0 aliphatic heterocycles. The number of para-hydroxylation sites is 1. The lowest BCUT2D eigenvalue weighted by molar-refractivity contribution is 1.20. The second kappa shape index (κ2) is 3.66. The van der Waals surface area contributed by atoms with E-state index in [0.717, 1.165) is 0 Å². The molecule has 0 bridgehead atoms. The van der Waals surface area contributed by atoms with Gasteiger partial charge in [0.05, 0.1) is 15.7 Å². The van der Waals surface area contributed by atoms with Crippen LogP contribution in [0, 0.1) is 11.5 Å². The van der Waals surface area contributed by atoms with Crippen LogP contribution in [0.15, 0.2) is 18.2 Å². The highest BCUT2D eigenvalue weighted by atomic mass is 35.5. The van der Waals surface area contributed by atoms with Crippen molar-refractivity contribution in [2.24, 2.45) is 0 Å². The van der Waals surface area contributed by atoms with Crippen LogP contribution < -0.4 is 4.90 Å². The second-order valence-corrected chi connectivity index (χ2v) is 3.04. The molecule has 0 N–H and O–H groups in total. The van der Waals surface area contributed by atoms with Gasteiger partial charge < -0.3 is 0 Å². The molecule has 0 saturated carbocycles. The van der Waals surface area contributed by atoms with Crippen molar-refractivity contribution >= 4 is 28.9 Å². The summed E-state index contributed by atoms with van der Waals surface area (Å²) in [6.45, 7) is 0. The number of rotatable bonds is 1. The normalized spacial score (nSPS) is 9.17. The van der Waals surface area contributed by atoms with Crippen LogP contribution in [0.4, 0.5) is 5.69 Å². The Kier molecular flexibility index (Phi) is 2.80. The Hall–Kier alpha value is -0.910. The molecule has 0 radical (unpaired) electrons. The predicted octanol–water partition coefficient (Wildman–Crippen LogP) is 2.91. The molecule has 0 atom stereocenters. The lowest BCUT2D eigenvalue weighted by Gasteiger charge is -2.11. The first-order valence-electron chi connectivity index (χ1n) is 3.24. The quantitative estimate of drug-likeness (QED) is 0.515. The van der Waals surface area contributed by atoms with Crippen LogP contribution >= 0.6 is 23.2 Å². The van der Waals surface area contributed by atoms with Crippen molar-refractivity contribution < 1.29 is 0 Å². The Morgan fingerprint density at radius 3 is 2.25 bits per heavy atom. The fraction of sp³-hybridized carbons (Fsp3) is 0.125. The van der Waals surface area contributed by atoms with Crippen LogP contribution in [0.2, 0.25) is 10.0 Å². The van der Waals surface area contributed by atoms with E-state index >= 15 is 0 Å². The van der Waals surface area contributed by atoms with Crippen molar-refractivity contribution in [1.29, 1.82) is 5.26 Å². The minimum absolute atomic E-state index is 0.478. The standard InChI is InChI=1S/C8H6Cl2N2/c1-12(5-11)8-6(9)3-2-4-7(8)10/h2-4H,1H3. The highest BCUT2D eigenvalue weighted by Gasteiger charge is 2.08. The van der Waals surface area contributed by atoms with Gasteiger partial charge in [0.1, 0.15) is 0 Å². The molecule has 4 heteroatoms. The number of halogens is 2. The van der Waals surface area contributed by atoms with E-state index in [1.165, 1.54) is 4.90 Å². The average molecular weight is 201 g/mol. The van der Waals surface area contributed by atoms with Crippen LogP contribution in [0.25, 0.3) is 0 Å². The molecule has 0 saturated heterocycles. The highest BCUT2D eigenvalue weighted by molar-refractivity contribution is 6.39. The van der Waals surface area contributed by atoms with Crippen LogP contribution in [-0.4, -0.2) is 7.05 Å².